The molecule has 0 atom stereocenters. The lowest BCUT2D eigenvalue weighted by atomic mass is 10.0. The maximum Gasteiger partial charge on any atom is 0.336 e. The normalized spacial score (nSPS) is 11.8. The van der Waals surface area contributed by atoms with Crippen LogP contribution in [0.5, 0.6) is 0 Å². The van der Waals surface area contributed by atoms with Crippen LogP contribution in [0.3, 0.4) is 0 Å². The summed E-state index contributed by atoms with van der Waals surface area (Å²) in [6.07, 6.45) is 1.67. The number of carboxylic acid groups (broad SMARTS) is 1. The summed E-state index contributed by atoms with van der Waals surface area (Å²) in [4.78, 5) is 11.6. The summed E-state index contributed by atoms with van der Waals surface area (Å²) in [7, 11) is 0. The molecule has 0 bridgehead atoms. The van der Waals surface area contributed by atoms with Crippen molar-refractivity contribution in [2.45, 2.75) is 0 Å². The van der Waals surface area contributed by atoms with E-state index in [0.717, 1.165) is 21.2 Å². The second kappa shape index (κ2) is 5.72. The van der Waals surface area contributed by atoms with Gasteiger partial charge in [0.1, 0.15) is 0 Å². The monoisotopic (exact) mass is 314 g/mol. The Morgan fingerprint density at radius 3 is 2.52 bits per heavy atom. The van der Waals surface area contributed by atoms with E-state index < -0.39 is 5.97 Å². The first-order valence-corrected chi connectivity index (χ1v) is 7.58. The summed E-state index contributed by atoms with van der Waals surface area (Å²) in [6.45, 7) is 0. The molecule has 0 amide bonds. The first-order valence-electron chi connectivity index (χ1n) is 6.32. The molecule has 0 saturated carbocycles. The number of carbonyl (C=O) groups is 1. The minimum absolute atomic E-state index is 0.287. The zero-order valence-electron chi connectivity index (χ0n) is 10.9. The Balaban J connectivity index is 2.14. The minimum Gasteiger partial charge on any atom is -0.478 e. The van der Waals surface area contributed by atoms with E-state index in [2.05, 4.69) is 0 Å². The van der Waals surface area contributed by atoms with Crippen molar-refractivity contribution < 1.29 is 9.90 Å². The number of benzene rings is 2. The topological polar surface area (TPSA) is 37.3 Å². The van der Waals surface area contributed by atoms with E-state index >= 15 is 0 Å². The predicted molar refractivity (Wildman–Crippen MR) is 88.8 cm³/mol. The van der Waals surface area contributed by atoms with Crippen LogP contribution in [0.15, 0.2) is 53.9 Å². The number of fused-ring (bicyclic) bond motifs is 1. The van der Waals surface area contributed by atoms with E-state index in [0.29, 0.717) is 5.02 Å². The molecule has 3 rings (SSSR count). The Labute approximate surface area is 130 Å². The first-order chi connectivity index (χ1) is 10.1. The number of carboxylic acids is 1. The van der Waals surface area contributed by atoms with Crippen molar-refractivity contribution in [3.8, 4) is 0 Å². The third-order valence-electron chi connectivity index (χ3n) is 3.18. The second-order valence-corrected chi connectivity index (χ2v) is 5.91. The van der Waals surface area contributed by atoms with Crippen LogP contribution in [0.1, 0.15) is 11.1 Å². The number of hydrogen-bond acceptors (Lipinski definition) is 2. The second-order valence-electron chi connectivity index (χ2n) is 4.56. The molecule has 2 aromatic carbocycles. The number of hydrogen-bond donors (Lipinski definition) is 1. The minimum atomic E-state index is -0.937. The summed E-state index contributed by atoms with van der Waals surface area (Å²) >= 11 is 7.40. The van der Waals surface area contributed by atoms with Crippen LogP contribution in [0.4, 0.5) is 0 Å². The molecule has 0 fully saturated rings. The maximum atomic E-state index is 11.6. The first kappa shape index (κ1) is 13.9. The van der Waals surface area contributed by atoms with Gasteiger partial charge >= 0.3 is 5.97 Å². The molecule has 0 aliphatic carbocycles. The summed E-state index contributed by atoms with van der Waals surface area (Å²) < 4.78 is 1.08. The number of halogens is 1. The Kier molecular flexibility index (Phi) is 3.78. The van der Waals surface area contributed by atoms with Crippen molar-refractivity contribution in [2.24, 2.45) is 0 Å². The van der Waals surface area contributed by atoms with Crippen LogP contribution < -0.4 is 0 Å². The van der Waals surface area contributed by atoms with E-state index in [4.69, 9.17) is 11.6 Å². The fourth-order valence-corrected chi connectivity index (χ4v) is 3.25. The van der Waals surface area contributed by atoms with Crippen LogP contribution in [0, 0.1) is 0 Å². The highest BCUT2D eigenvalue weighted by Gasteiger charge is 2.15. The lowest BCUT2D eigenvalue weighted by molar-refractivity contribution is -0.130. The van der Waals surface area contributed by atoms with E-state index in [1.165, 1.54) is 0 Å². The Hall–Kier alpha value is -2.10. The molecule has 0 saturated heterocycles. The fourth-order valence-electron chi connectivity index (χ4n) is 2.17. The average Bonchev–Trinajstić information content (AvgIpc) is 2.90. The molecule has 0 unspecified atom stereocenters. The quantitative estimate of drug-likeness (QED) is 0.676. The third kappa shape index (κ3) is 2.84. The van der Waals surface area contributed by atoms with Crippen LogP contribution in [0.25, 0.3) is 21.7 Å². The van der Waals surface area contributed by atoms with Crippen molar-refractivity contribution in [3.63, 3.8) is 0 Å². The predicted octanol–water partition coefficient (Wildman–Crippen LogP) is 5.18. The van der Waals surface area contributed by atoms with E-state index in [-0.39, 0.29) is 5.57 Å². The van der Waals surface area contributed by atoms with Gasteiger partial charge in [0.05, 0.1) is 5.57 Å². The molecule has 0 aliphatic rings. The van der Waals surface area contributed by atoms with Gasteiger partial charge in [-0.15, -0.1) is 11.3 Å². The van der Waals surface area contributed by atoms with E-state index in [9.17, 15) is 9.90 Å². The SMILES string of the molecule is O=C(O)/C(=C\c1ccc(Cl)cc1)c1csc2ccccc12. The van der Waals surface area contributed by atoms with Crippen LogP contribution >= 0.6 is 22.9 Å². The van der Waals surface area contributed by atoms with Gasteiger partial charge in [0, 0.05) is 26.1 Å². The lowest BCUT2D eigenvalue weighted by Gasteiger charge is -2.02. The molecule has 1 aromatic heterocycles. The third-order valence-corrected chi connectivity index (χ3v) is 4.40. The average molecular weight is 315 g/mol. The Morgan fingerprint density at radius 2 is 1.81 bits per heavy atom. The molecular weight excluding hydrogens is 304 g/mol. The molecule has 1 N–H and O–H groups in total. The molecular formula is C17H11ClO2S. The molecule has 104 valence electrons. The van der Waals surface area contributed by atoms with Crippen LogP contribution in [0.2, 0.25) is 5.02 Å². The van der Waals surface area contributed by atoms with Crippen LogP contribution in [-0.2, 0) is 4.79 Å². The zero-order chi connectivity index (χ0) is 14.8. The Bertz CT molecular complexity index is 831. The largest absolute Gasteiger partial charge is 0.478 e. The van der Waals surface area contributed by atoms with Crippen LogP contribution in [-0.4, -0.2) is 11.1 Å². The lowest BCUT2D eigenvalue weighted by Crippen LogP contribution is -1.98. The zero-order valence-corrected chi connectivity index (χ0v) is 12.5. The van der Waals surface area contributed by atoms with Crippen molar-refractivity contribution in [1.29, 1.82) is 0 Å². The van der Waals surface area contributed by atoms with E-state index in [1.807, 2.05) is 29.6 Å². The van der Waals surface area contributed by atoms with Crippen molar-refractivity contribution in [1.82, 2.24) is 0 Å². The summed E-state index contributed by atoms with van der Waals surface area (Å²) in [5.41, 5.74) is 1.85. The van der Waals surface area contributed by atoms with Crippen molar-refractivity contribution in [3.05, 3.63) is 70.1 Å². The standard InChI is InChI=1S/C17H11ClO2S/c18-12-7-5-11(6-8-12)9-14(17(19)20)15-10-21-16-4-2-1-3-13(15)16/h1-10H,(H,19,20)/b14-9-. The van der Waals surface area contributed by atoms with Gasteiger partial charge < -0.3 is 5.11 Å². The molecule has 0 spiro atoms. The van der Waals surface area contributed by atoms with Gasteiger partial charge in [0.25, 0.3) is 0 Å². The summed E-state index contributed by atoms with van der Waals surface area (Å²) in [5, 5.41) is 13.0. The van der Waals surface area contributed by atoms with Gasteiger partial charge in [-0.05, 0) is 29.8 Å². The Morgan fingerprint density at radius 1 is 1.10 bits per heavy atom. The molecule has 0 radical (unpaired) electrons. The van der Waals surface area contributed by atoms with Gasteiger partial charge in [-0.25, -0.2) is 4.79 Å². The summed E-state index contributed by atoms with van der Waals surface area (Å²) in [5.74, 6) is -0.937. The highest BCUT2D eigenvalue weighted by Crippen LogP contribution is 2.32. The summed E-state index contributed by atoms with van der Waals surface area (Å²) in [6, 6.07) is 14.9. The molecule has 1 heterocycles. The van der Waals surface area contributed by atoms with Gasteiger partial charge in [-0.3, -0.25) is 0 Å². The van der Waals surface area contributed by atoms with E-state index in [1.54, 1.807) is 41.7 Å². The van der Waals surface area contributed by atoms with Crippen molar-refractivity contribution in [2.75, 3.05) is 0 Å². The maximum absolute atomic E-state index is 11.6. The smallest absolute Gasteiger partial charge is 0.336 e. The number of thiophene rings is 1. The molecule has 2 nitrogen and oxygen atoms in total. The fraction of sp³-hybridized carbons (Fsp3) is 0. The highest BCUT2D eigenvalue weighted by atomic mass is 35.5. The molecule has 3 aromatic rings. The molecule has 21 heavy (non-hydrogen) atoms. The molecule has 4 heteroatoms. The number of rotatable bonds is 3. The van der Waals surface area contributed by atoms with Gasteiger partial charge in [-0.1, -0.05) is 41.9 Å². The highest BCUT2D eigenvalue weighted by molar-refractivity contribution is 7.17. The van der Waals surface area contributed by atoms with Gasteiger partial charge in [0.2, 0.25) is 0 Å². The van der Waals surface area contributed by atoms with Gasteiger partial charge in [-0.2, -0.15) is 0 Å². The molecule has 0 aliphatic heterocycles. The van der Waals surface area contributed by atoms with Gasteiger partial charge in [0.15, 0.2) is 0 Å². The number of aliphatic carboxylic acids is 1. The van der Waals surface area contributed by atoms with Crippen molar-refractivity contribution >= 4 is 50.6 Å².